The van der Waals surface area contributed by atoms with Crippen molar-refractivity contribution in [1.29, 1.82) is 0 Å². The lowest BCUT2D eigenvalue weighted by molar-refractivity contribution is -0.138. The van der Waals surface area contributed by atoms with Crippen molar-refractivity contribution in [3.05, 3.63) is 204 Å². The predicted octanol–water partition coefficient (Wildman–Crippen LogP) is 9.87. The number of alkyl halides is 3. The van der Waals surface area contributed by atoms with E-state index in [1.807, 2.05) is 18.0 Å². The molecule has 0 radical (unpaired) electrons. The van der Waals surface area contributed by atoms with Crippen molar-refractivity contribution >= 4 is 106 Å². The van der Waals surface area contributed by atoms with E-state index >= 15 is 0 Å². The highest BCUT2D eigenvalue weighted by molar-refractivity contribution is 8.00. The zero-order valence-corrected chi connectivity index (χ0v) is 60.9. The van der Waals surface area contributed by atoms with E-state index in [-0.39, 0.29) is 58.4 Å². The topological polar surface area (TPSA) is 320 Å². The quantitative estimate of drug-likeness (QED) is 0.0394. The first-order valence-corrected chi connectivity index (χ1v) is 35.6. The molecule has 35 heteroatoms. The third-order valence-electron chi connectivity index (χ3n) is 16.1. The fourth-order valence-corrected chi connectivity index (χ4v) is 13.8. The van der Waals surface area contributed by atoms with Gasteiger partial charge in [0.1, 0.15) is 19.8 Å². The monoisotopic (exact) mass is 1540 g/mol. The van der Waals surface area contributed by atoms with E-state index < -0.39 is 46.3 Å². The zero-order valence-electron chi connectivity index (χ0n) is 56.2. The van der Waals surface area contributed by atoms with Gasteiger partial charge >= 0.3 is 6.18 Å². The van der Waals surface area contributed by atoms with E-state index in [2.05, 4.69) is 73.5 Å². The number of carbonyl (C=O) groups excluding carboxylic acids is 3. The molecule has 0 atom stereocenters. The van der Waals surface area contributed by atoms with Crippen molar-refractivity contribution in [2.45, 2.75) is 62.0 Å². The highest BCUT2D eigenvalue weighted by Gasteiger charge is 2.35. The molecule has 12 rings (SSSR count). The molecule has 0 saturated carbocycles. The molecule has 0 bridgehead atoms. The van der Waals surface area contributed by atoms with Gasteiger partial charge in [0.2, 0.25) is 58.6 Å². The summed E-state index contributed by atoms with van der Waals surface area (Å²) in [5.41, 5.74) is 16.5. The molecule has 4 aromatic carbocycles. The van der Waals surface area contributed by atoms with Crippen LogP contribution in [-0.4, -0.2) is 177 Å². The second-order valence-electron chi connectivity index (χ2n) is 23.8. The van der Waals surface area contributed by atoms with Gasteiger partial charge in [0.25, 0.3) is 0 Å². The summed E-state index contributed by atoms with van der Waals surface area (Å²) in [6.45, 7) is 10.3. The summed E-state index contributed by atoms with van der Waals surface area (Å²) < 4.78 is 72.0. The molecule has 5 aromatic heterocycles. The van der Waals surface area contributed by atoms with Gasteiger partial charge in [0, 0.05) is 117 Å². The number of likely N-dealkylation sites (N-methyl/N-ethyl adjacent to an activating group) is 3. The molecule has 3 aliphatic rings. The average molecular weight is 1540 g/mol. The number of halogens is 7. The van der Waals surface area contributed by atoms with Crippen LogP contribution >= 0.6 is 70.1 Å². The number of primary amides is 3. The average Bonchev–Trinajstić information content (AvgIpc) is 0.811. The minimum atomic E-state index is -4.74. The Hall–Kier alpha value is -9.09. The maximum absolute atomic E-state index is 13.5. The molecule has 8 N–H and O–H groups in total. The number of hydrogen-bond acceptors (Lipinski definition) is 24. The number of aliphatic hydroxyl groups excluding tert-OH is 1. The van der Waals surface area contributed by atoms with Gasteiger partial charge in [-0.25, -0.2) is 19.3 Å². The number of benzene rings is 4. The number of pyridine rings is 2. The van der Waals surface area contributed by atoms with Crippen molar-refractivity contribution in [1.82, 2.24) is 54.6 Å². The summed E-state index contributed by atoms with van der Waals surface area (Å²) >= 11 is 22.2. The third kappa shape index (κ3) is 21.5. The second kappa shape index (κ2) is 36.1. The lowest BCUT2D eigenvalue weighted by Gasteiger charge is -2.32. The summed E-state index contributed by atoms with van der Waals surface area (Å²) in [6, 6.07) is 25.1. The van der Waals surface area contributed by atoms with Gasteiger partial charge in [0.05, 0.1) is 83.6 Å². The molecule has 104 heavy (non-hydrogen) atoms. The van der Waals surface area contributed by atoms with Crippen molar-refractivity contribution in [2.75, 3.05) is 114 Å². The first-order valence-electron chi connectivity index (χ1n) is 32.0. The van der Waals surface area contributed by atoms with Gasteiger partial charge in [-0.15, -0.1) is 0 Å². The van der Waals surface area contributed by atoms with Crippen LogP contribution in [0.2, 0.25) is 15.1 Å². The lowest BCUT2D eigenvalue weighted by Crippen LogP contribution is -2.45. The Bertz CT molecular complexity index is 4600. The standard InChI is InChI=1S/C24H23ClF3N5O2S.C23H25ClN6O3S.C22H22ClFN6O3S/c1-32-7-9-33(10-8-32)23-30-13-20(22(31-23)35-14-15-3-2-4-16(25)11-15)36-17-5-6-18(21(29)34)19(12-17)24(26,27)28;1-29-6-8-30(9-7-29)23-27-12-20(34-17-2-3-18(21(25)32)19(24)11-17)22(28-23)33-14-16-10-15(13-31)4-5-26-16;1-29-4-6-30(7-5-29)22-27-11-19(34-14-2-3-15(20(25)32)16(23)9-14)21(28-22)33-12-13-8-18(31)17(24)10-26-13/h2-6,11-13H,7-10,14H2,1H3,(H2,29,34);2-5,10-12,31H,6-9,13-14H2,1H3,(H2,25,32);2-3,8-11H,4-7,12H2,1H3,(H2,25,32)(H,26,31). The fourth-order valence-electron chi connectivity index (χ4n) is 10.3. The van der Waals surface area contributed by atoms with E-state index in [0.717, 1.165) is 136 Å². The zero-order chi connectivity index (χ0) is 74.2. The Morgan fingerprint density at radius 2 is 0.971 bits per heavy atom. The van der Waals surface area contributed by atoms with Crippen molar-refractivity contribution in [3.63, 3.8) is 0 Å². The molecular weight excluding hydrogens is 1470 g/mol. The van der Waals surface area contributed by atoms with Gasteiger partial charge in [0.15, 0.2) is 5.82 Å². The van der Waals surface area contributed by atoms with Crippen LogP contribution in [0.1, 0.15) is 59.2 Å². The fraction of sp³-hybridized carbons (Fsp3) is 0.290. The lowest BCUT2D eigenvalue weighted by atomic mass is 10.1. The number of nitrogens with one attached hydrogen (secondary N) is 1. The van der Waals surface area contributed by atoms with Gasteiger partial charge in [-0.05, 0) is 111 Å². The molecule has 3 aliphatic heterocycles. The Kier molecular flexibility index (Phi) is 26.9. The summed E-state index contributed by atoms with van der Waals surface area (Å²) in [5, 5.41) is 10.5. The number of amides is 3. The summed E-state index contributed by atoms with van der Waals surface area (Å²) in [7, 11) is 6.19. The number of H-pyrrole nitrogens is 1. The van der Waals surface area contributed by atoms with E-state index in [4.69, 9.17) is 71.2 Å². The minimum absolute atomic E-state index is 0.0242. The van der Waals surface area contributed by atoms with Crippen LogP contribution in [-0.2, 0) is 32.6 Å². The highest BCUT2D eigenvalue weighted by Crippen LogP contribution is 2.41. The summed E-state index contributed by atoms with van der Waals surface area (Å²) in [5.74, 6) is -0.644. The number of aliphatic hydroxyl groups is 1. The molecule has 9 aromatic rings. The number of nitrogens with two attached hydrogens (primary N) is 3. The van der Waals surface area contributed by atoms with E-state index in [9.17, 15) is 41.8 Å². The van der Waals surface area contributed by atoms with Crippen molar-refractivity contribution in [3.8, 4) is 17.6 Å². The number of aromatic nitrogens is 8. The van der Waals surface area contributed by atoms with Crippen LogP contribution in [0.5, 0.6) is 17.6 Å². The number of carbonyl (C=O) groups is 3. The maximum atomic E-state index is 13.5. The molecule has 546 valence electrons. The van der Waals surface area contributed by atoms with Gasteiger partial charge < -0.3 is 70.9 Å². The number of nitrogens with zero attached hydrogens (tertiary/aromatic N) is 13. The summed E-state index contributed by atoms with van der Waals surface area (Å²) in [4.78, 5) is 96.9. The largest absolute Gasteiger partial charge is 0.472 e. The number of piperazine rings is 3. The molecule has 3 amide bonds. The number of rotatable bonds is 22. The Morgan fingerprint density at radius 3 is 1.38 bits per heavy atom. The molecule has 25 nitrogen and oxygen atoms in total. The molecule has 8 heterocycles. The molecule has 0 unspecified atom stereocenters. The Balaban J connectivity index is 0.000000168. The second-order valence-corrected chi connectivity index (χ2v) is 28.4. The first kappa shape index (κ1) is 77.5. The predicted molar refractivity (Wildman–Crippen MR) is 389 cm³/mol. The van der Waals surface area contributed by atoms with Crippen LogP contribution in [0, 0.1) is 5.82 Å². The van der Waals surface area contributed by atoms with E-state index in [1.54, 1.807) is 85.3 Å². The molecule has 3 saturated heterocycles. The normalized spacial score (nSPS) is 14.4. The Labute approximate surface area is 622 Å². The van der Waals surface area contributed by atoms with Gasteiger partial charge in [-0.2, -0.15) is 28.1 Å². The first-order chi connectivity index (χ1) is 49.8. The van der Waals surface area contributed by atoms with Gasteiger partial charge in [-0.3, -0.25) is 24.2 Å². The SMILES string of the molecule is CN1CCN(c2ncc(Sc3ccc(C(N)=O)c(C(F)(F)F)c3)c(OCc3cccc(Cl)c3)n2)CC1.CN1CCN(c2ncc(Sc3ccc(C(N)=O)c(Cl)c3)c(OCc3cc(=O)c(F)c[nH]3)n2)CC1.CN1CCN(c2ncc(Sc3ccc(C(N)=O)c(Cl)c3)c(OCc3cc(CO)ccn3)n2)CC1. The number of anilines is 3. The minimum Gasteiger partial charge on any atom is -0.472 e. The molecule has 0 aliphatic carbocycles. The molecular formula is C69H70Cl3F4N17O8S3. The highest BCUT2D eigenvalue weighted by atomic mass is 35.5. The third-order valence-corrected chi connectivity index (χ3v) is 19.9. The van der Waals surface area contributed by atoms with Gasteiger partial charge in [-0.1, -0.05) is 82.2 Å². The summed E-state index contributed by atoms with van der Waals surface area (Å²) in [6.07, 6.45) is 2.81. The van der Waals surface area contributed by atoms with Crippen molar-refractivity contribution < 1.29 is 51.3 Å². The Morgan fingerprint density at radius 1 is 0.538 bits per heavy atom. The van der Waals surface area contributed by atoms with E-state index in [0.29, 0.717) is 60.7 Å². The number of ether oxygens (including phenoxy) is 3. The van der Waals surface area contributed by atoms with Crippen LogP contribution < -0.4 is 51.5 Å². The number of hydrogen-bond donors (Lipinski definition) is 5. The van der Waals surface area contributed by atoms with Crippen LogP contribution in [0.3, 0.4) is 0 Å². The maximum Gasteiger partial charge on any atom is 0.417 e. The van der Waals surface area contributed by atoms with Crippen LogP contribution in [0.15, 0.2) is 162 Å². The van der Waals surface area contributed by atoms with Crippen LogP contribution in [0.25, 0.3) is 0 Å². The molecule has 0 spiro atoms. The molecule has 3 fully saturated rings. The smallest absolute Gasteiger partial charge is 0.417 e. The van der Waals surface area contributed by atoms with Crippen LogP contribution in [0.4, 0.5) is 35.4 Å². The van der Waals surface area contributed by atoms with Crippen molar-refractivity contribution in [2.24, 2.45) is 17.2 Å². The number of aromatic amines is 1. The van der Waals surface area contributed by atoms with E-state index in [1.165, 1.54) is 35.8 Å².